The Kier molecular flexibility index (Phi) is 2.80. The van der Waals surface area contributed by atoms with Gasteiger partial charge in [-0.3, -0.25) is 4.79 Å². The van der Waals surface area contributed by atoms with Crippen molar-refractivity contribution in [1.82, 2.24) is 15.5 Å². The van der Waals surface area contributed by atoms with Crippen molar-refractivity contribution in [2.45, 2.75) is 18.9 Å². The van der Waals surface area contributed by atoms with Gasteiger partial charge < -0.3 is 15.5 Å². The summed E-state index contributed by atoms with van der Waals surface area (Å²) in [4.78, 5) is 13.6. The third-order valence-corrected chi connectivity index (χ3v) is 2.80. The van der Waals surface area contributed by atoms with Gasteiger partial charge >= 0.3 is 0 Å². The fourth-order valence-electron chi connectivity index (χ4n) is 2.05. The fourth-order valence-corrected chi connectivity index (χ4v) is 2.05. The molecule has 2 heterocycles. The molecule has 0 bridgehead atoms. The largest absolute Gasteiger partial charge is 0.336 e. The number of nitrogens with one attached hydrogen (secondary N) is 2. The van der Waals surface area contributed by atoms with Gasteiger partial charge in [0.15, 0.2) is 0 Å². The first-order chi connectivity index (χ1) is 6.38. The Morgan fingerprint density at radius 1 is 1.23 bits per heavy atom. The molecule has 1 unspecified atom stereocenters. The molecule has 0 radical (unpaired) electrons. The van der Waals surface area contributed by atoms with Crippen molar-refractivity contribution in [3.63, 3.8) is 0 Å². The van der Waals surface area contributed by atoms with Crippen LogP contribution in [-0.2, 0) is 4.79 Å². The van der Waals surface area contributed by atoms with Crippen LogP contribution in [-0.4, -0.2) is 49.6 Å². The van der Waals surface area contributed by atoms with Gasteiger partial charge in [-0.1, -0.05) is 0 Å². The first-order valence-electron chi connectivity index (χ1n) is 5.09. The number of nitrogens with zero attached hydrogens (tertiary/aromatic N) is 1. The molecule has 0 saturated carbocycles. The summed E-state index contributed by atoms with van der Waals surface area (Å²) in [7, 11) is 0. The highest BCUT2D eigenvalue weighted by molar-refractivity contribution is 5.79. The number of carbonyl (C=O) groups is 1. The highest BCUT2D eigenvalue weighted by Crippen LogP contribution is 2.07. The smallest absolute Gasteiger partial charge is 0.236 e. The second kappa shape index (κ2) is 4.07. The second-order valence-electron chi connectivity index (χ2n) is 3.78. The lowest BCUT2D eigenvalue weighted by Crippen LogP contribution is -2.59. The number of fused-ring (bicyclic) bond motifs is 1. The van der Waals surface area contributed by atoms with Crippen LogP contribution in [0.3, 0.4) is 0 Å². The van der Waals surface area contributed by atoms with Gasteiger partial charge in [0.2, 0.25) is 5.91 Å². The van der Waals surface area contributed by atoms with Crippen LogP contribution in [0.25, 0.3) is 0 Å². The number of rotatable bonds is 0. The Morgan fingerprint density at radius 3 is 3.00 bits per heavy atom. The average molecular weight is 183 g/mol. The third kappa shape index (κ3) is 2.00. The average Bonchev–Trinajstić information content (AvgIpc) is 2.07. The molecule has 4 nitrogen and oxygen atoms in total. The van der Waals surface area contributed by atoms with E-state index in [0.717, 1.165) is 32.6 Å². The SMILES string of the molecule is O=C1CNCC2CNCCCCN12. The topological polar surface area (TPSA) is 44.4 Å². The number of hydrogen-bond donors (Lipinski definition) is 2. The predicted molar refractivity (Wildman–Crippen MR) is 50.5 cm³/mol. The van der Waals surface area contributed by atoms with Gasteiger partial charge in [0.05, 0.1) is 12.6 Å². The van der Waals surface area contributed by atoms with E-state index in [4.69, 9.17) is 0 Å². The van der Waals surface area contributed by atoms with E-state index in [-0.39, 0.29) is 5.91 Å². The van der Waals surface area contributed by atoms with E-state index >= 15 is 0 Å². The van der Waals surface area contributed by atoms with Gasteiger partial charge in [0.25, 0.3) is 0 Å². The molecule has 4 heteroatoms. The van der Waals surface area contributed by atoms with Crippen molar-refractivity contribution in [2.24, 2.45) is 0 Å². The fraction of sp³-hybridized carbons (Fsp3) is 0.889. The van der Waals surface area contributed by atoms with E-state index in [1.54, 1.807) is 0 Å². The van der Waals surface area contributed by atoms with Crippen LogP contribution in [0.2, 0.25) is 0 Å². The Balaban J connectivity index is 2.00. The van der Waals surface area contributed by atoms with E-state index in [1.165, 1.54) is 6.42 Å². The van der Waals surface area contributed by atoms with Crippen molar-refractivity contribution in [3.05, 3.63) is 0 Å². The van der Waals surface area contributed by atoms with E-state index in [1.807, 2.05) is 4.90 Å². The zero-order valence-electron chi connectivity index (χ0n) is 7.88. The van der Waals surface area contributed by atoms with Crippen LogP contribution >= 0.6 is 0 Å². The molecule has 2 aliphatic heterocycles. The molecule has 2 rings (SSSR count). The van der Waals surface area contributed by atoms with Crippen LogP contribution in [0.5, 0.6) is 0 Å². The molecule has 74 valence electrons. The molecule has 1 amide bonds. The molecular weight excluding hydrogens is 166 g/mol. The summed E-state index contributed by atoms with van der Waals surface area (Å²) in [5.41, 5.74) is 0. The summed E-state index contributed by atoms with van der Waals surface area (Å²) in [6.07, 6.45) is 2.32. The van der Waals surface area contributed by atoms with Crippen molar-refractivity contribution < 1.29 is 4.79 Å². The predicted octanol–water partition coefficient (Wildman–Crippen LogP) is -0.830. The summed E-state index contributed by atoms with van der Waals surface area (Å²) in [5.74, 6) is 0.264. The van der Waals surface area contributed by atoms with Gasteiger partial charge in [0, 0.05) is 19.6 Å². The zero-order chi connectivity index (χ0) is 9.10. The van der Waals surface area contributed by atoms with Crippen molar-refractivity contribution in [3.8, 4) is 0 Å². The quantitative estimate of drug-likeness (QED) is 0.515. The van der Waals surface area contributed by atoms with E-state index in [2.05, 4.69) is 10.6 Å². The number of piperazine rings is 1. The van der Waals surface area contributed by atoms with Crippen LogP contribution in [0.15, 0.2) is 0 Å². The summed E-state index contributed by atoms with van der Waals surface area (Å²) >= 11 is 0. The third-order valence-electron chi connectivity index (χ3n) is 2.80. The summed E-state index contributed by atoms with van der Waals surface area (Å²) < 4.78 is 0. The van der Waals surface area contributed by atoms with Gasteiger partial charge in [-0.25, -0.2) is 0 Å². The van der Waals surface area contributed by atoms with Crippen LogP contribution in [0.1, 0.15) is 12.8 Å². The Morgan fingerprint density at radius 2 is 2.08 bits per heavy atom. The molecule has 2 N–H and O–H groups in total. The maximum atomic E-state index is 11.5. The lowest BCUT2D eigenvalue weighted by atomic mass is 10.1. The lowest BCUT2D eigenvalue weighted by molar-refractivity contribution is -0.135. The van der Waals surface area contributed by atoms with E-state index < -0.39 is 0 Å². The molecule has 0 aromatic rings. The van der Waals surface area contributed by atoms with Gasteiger partial charge in [-0.15, -0.1) is 0 Å². The minimum atomic E-state index is 0.264. The first-order valence-corrected chi connectivity index (χ1v) is 5.09. The molecular formula is C9H17N3O. The summed E-state index contributed by atoms with van der Waals surface area (Å²) in [5, 5.41) is 6.52. The molecule has 1 atom stereocenters. The van der Waals surface area contributed by atoms with Crippen molar-refractivity contribution >= 4 is 5.91 Å². The lowest BCUT2D eigenvalue weighted by Gasteiger charge is -2.37. The highest BCUT2D eigenvalue weighted by Gasteiger charge is 2.27. The zero-order valence-corrected chi connectivity index (χ0v) is 7.88. The Bertz CT molecular complexity index is 195. The Hall–Kier alpha value is -0.610. The Labute approximate surface area is 78.7 Å². The standard InChI is InChI=1S/C9H17N3O/c13-9-7-11-6-8-5-10-3-1-2-4-12(8)9/h8,10-11H,1-7H2. The maximum absolute atomic E-state index is 11.5. The monoisotopic (exact) mass is 183 g/mol. The van der Waals surface area contributed by atoms with Gasteiger partial charge in [0.1, 0.15) is 0 Å². The minimum Gasteiger partial charge on any atom is -0.336 e. The number of carbonyl (C=O) groups excluding carboxylic acids is 1. The molecule has 0 spiro atoms. The molecule has 13 heavy (non-hydrogen) atoms. The minimum absolute atomic E-state index is 0.264. The summed E-state index contributed by atoms with van der Waals surface area (Å²) in [6, 6.07) is 0.376. The molecule has 2 aliphatic rings. The molecule has 2 fully saturated rings. The van der Waals surface area contributed by atoms with Crippen molar-refractivity contribution in [1.29, 1.82) is 0 Å². The first kappa shape index (κ1) is 8.97. The maximum Gasteiger partial charge on any atom is 0.236 e. The highest BCUT2D eigenvalue weighted by atomic mass is 16.2. The van der Waals surface area contributed by atoms with Crippen LogP contribution in [0.4, 0.5) is 0 Å². The van der Waals surface area contributed by atoms with Crippen molar-refractivity contribution in [2.75, 3.05) is 32.7 Å². The van der Waals surface area contributed by atoms with Gasteiger partial charge in [-0.05, 0) is 19.4 Å². The van der Waals surface area contributed by atoms with E-state index in [0.29, 0.717) is 12.6 Å². The van der Waals surface area contributed by atoms with Crippen LogP contribution in [0, 0.1) is 0 Å². The molecule has 2 saturated heterocycles. The molecule has 0 aromatic carbocycles. The molecule has 0 aliphatic carbocycles. The number of amides is 1. The second-order valence-corrected chi connectivity index (χ2v) is 3.78. The molecule has 0 aromatic heterocycles. The van der Waals surface area contributed by atoms with E-state index in [9.17, 15) is 4.79 Å². The number of hydrogen-bond acceptors (Lipinski definition) is 3. The van der Waals surface area contributed by atoms with Crippen LogP contribution < -0.4 is 10.6 Å². The summed E-state index contributed by atoms with van der Waals surface area (Å²) in [6.45, 7) is 4.46. The van der Waals surface area contributed by atoms with Gasteiger partial charge in [-0.2, -0.15) is 0 Å². The normalized spacial score (nSPS) is 30.6.